The van der Waals surface area contributed by atoms with Gasteiger partial charge in [-0.3, -0.25) is 4.98 Å². The average Bonchev–Trinajstić information content (AvgIpc) is 2.42. The van der Waals surface area contributed by atoms with Gasteiger partial charge in [-0.2, -0.15) is 0 Å². The molecule has 1 aromatic heterocycles. The van der Waals surface area contributed by atoms with Crippen LogP contribution in [0.3, 0.4) is 0 Å². The highest BCUT2D eigenvalue weighted by Gasteiger charge is 2.04. The van der Waals surface area contributed by atoms with Crippen LogP contribution in [-0.4, -0.2) is 11.6 Å². The van der Waals surface area contributed by atoms with Crippen LogP contribution >= 0.6 is 0 Å². The summed E-state index contributed by atoms with van der Waals surface area (Å²) in [5.41, 5.74) is 0. The van der Waals surface area contributed by atoms with Crippen molar-refractivity contribution in [2.24, 2.45) is 0 Å². The van der Waals surface area contributed by atoms with Crippen LogP contribution in [0.15, 0.2) is 48.8 Å². The smallest absolute Gasteiger partial charge is 0.169 e. The van der Waals surface area contributed by atoms with Gasteiger partial charge in [-0.1, -0.05) is 25.5 Å². The third-order valence-electron chi connectivity index (χ3n) is 2.48. The first-order chi connectivity index (χ1) is 8.90. The van der Waals surface area contributed by atoms with Gasteiger partial charge in [0, 0.05) is 12.4 Å². The third kappa shape index (κ3) is 3.48. The van der Waals surface area contributed by atoms with E-state index in [9.17, 15) is 0 Å². The number of hydrogen-bond acceptors (Lipinski definition) is 3. The summed E-state index contributed by atoms with van der Waals surface area (Å²) in [4.78, 5) is 3.96. The number of nitrogens with zero attached hydrogens (tertiary/aromatic N) is 1. The molecule has 2 rings (SSSR count). The van der Waals surface area contributed by atoms with Crippen molar-refractivity contribution in [3.05, 3.63) is 48.8 Å². The normalized spacial score (nSPS) is 10.1. The lowest BCUT2D eigenvalue weighted by Gasteiger charge is -2.11. The van der Waals surface area contributed by atoms with Gasteiger partial charge in [0.25, 0.3) is 0 Å². The summed E-state index contributed by atoms with van der Waals surface area (Å²) in [5.74, 6) is 2.28. The highest BCUT2D eigenvalue weighted by Crippen LogP contribution is 2.30. The third-order valence-corrected chi connectivity index (χ3v) is 2.48. The molecule has 0 aliphatic carbocycles. The molecule has 0 bridgehead atoms. The Bertz CT molecular complexity index is 471. The van der Waals surface area contributed by atoms with Crippen molar-refractivity contribution in [1.82, 2.24) is 4.98 Å². The summed E-state index contributed by atoms with van der Waals surface area (Å²) >= 11 is 0. The van der Waals surface area contributed by atoms with Crippen LogP contribution in [0, 0.1) is 0 Å². The summed E-state index contributed by atoms with van der Waals surface area (Å²) in [6.07, 6.45) is 5.57. The zero-order valence-corrected chi connectivity index (χ0v) is 10.5. The van der Waals surface area contributed by atoms with E-state index in [0.717, 1.165) is 30.1 Å². The molecular weight excluding hydrogens is 226 g/mol. The van der Waals surface area contributed by atoms with Crippen LogP contribution in [0.2, 0.25) is 0 Å². The molecule has 0 fully saturated rings. The molecule has 0 atom stereocenters. The molecule has 0 aliphatic rings. The van der Waals surface area contributed by atoms with Crippen LogP contribution in [0.4, 0.5) is 0 Å². The number of unbranched alkanes of at least 4 members (excludes halogenated alkanes) is 1. The first kappa shape index (κ1) is 12.4. The number of ether oxygens (including phenoxy) is 2. The summed E-state index contributed by atoms with van der Waals surface area (Å²) in [6.45, 7) is 2.86. The molecule has 0 amide bonds. The van der Waals surface area contributed by atoms with E-state index >= 15 is 0 Å². The van der Waals surface area contributed by atoms with Crippen molar-refractivity contribution in [2.75, 3.05) is 6.61 Å². The van der Waals surface area contributed by atoms with Crippen molar-refractivity contribution in [3.63, 3.8) is 0 Å². The van der Waals surface area contributed by atoms with Crippen molar-refractivity contribution < 1.29 is 9.47 Å². The molecule has 0 aliphatic heterocycles. The Labute approximate surface area is 107 Å². The maximum Gasteiger partial charge on any atom is 0.169 e. The standard InChI is InChI=1S/C15H17NO2/c1-2-3-12-17-14-6-4-5-7-15(14)18-13-8-10-16-11-9-13/h4-11H,2-3,12H2,1H3. The number of para-hydroxylation sites is 2. The number of hydrogen-bond donors (Lipinski definition) is 0. The lowest BCUT2D eigenvalue weighted by Crippen LogP contribution is -1.98. The lowest BCUT2D eigenvalue weighted by molar-refractivity contribution is 0.295. The monoisotopic (exact) mass is 243 g/mol. The number of pyridine rings is 1. The Morgan fingerprint density at radius 2 is 1.72 bits per heavy atom. The zero-order valence-electron chi connectivity index (χ0n) is 10.5. The fourth-order valence-corrected chi connectivity index (χ4v) is 1.51. The van der Waals surface area contributed by atoms with Gasteiger partial charge < -0.3 is 9.47 Å². The van der Waals surface area contributed by atoms with Crippen molar-refractivity contribution in [2.45, 2.75) is 19.8 Å². The Balaban J connectivity index is 2.07. The maximum atomic E-state index is 5.78. The molecule has 94 valence electrons. The second-order valence-electron chi connectivity index (χ2n) is 3.93. The zero-order chi connectivity index (χ0) is 12.6. The molecule has 0 spiro atoms. The predicted molar refractivity (Wildman–Crippen MR) is 71.2 cm³/mol. The maximum absolute atomic E-state index is 5.78. The van der Waals surface area contributed by atoms with Crippen LogP contribution in [0.25, 0.3) is 0 Å². The summed E-state index contributed by atoms with van der Waals surface area (Å²) in [7, 11) is 0. The van der Waals surface area contributed by atoms with Gasteiger partial charge in [-0.25, -0.2) is 0 Å². The molecule has 18 heavy (non-hydrogen) atoms. The number of benzene rings is 1. The lowest BCUT2D eigenvalue weighted by atomic mass is 10.3. The first-order valence-electron chi connectivity index (χ1n) is 6.20. The molecule has 3 nitrogen and oxygen atoms in total. The van der Waals surface area contributed by atoms with E-state index in [4.69, 9.17) is 9.47 Å². The summed E-state index contributed by atoms with van der Waals surface area (Å²) in [5, 5.41) is 0. The second kappa shape index (κ2) is 6.64. The fraction of sp³-hybridized carbons (Fsp3) is 0.267. The molecule has 1 aromatic carbocycles. The molecule has 0 saturated heterocycles. The van der Waals surface area contributed by atoms with E-state index < -0.39 is 0 Å². The highest BCUT2D eigenvalue weighted by molar-refractivity contribution is 5.42. The quantitative estimate of drug-likeness (QED) is 0.717. The van der Waals surface area contributed by atoms with Crippen LogP contribution in [0.5, 0.6) is 17.2 Å². The number of aromatic nitrogens is 1. The molecule has 3 heteroatoms. The summed E-state index contributed by atoms with van der Waals surface area (Å²) < 4.78 is 11.5. The first-order valence-corrected chi connectivity index (χ1v) is 6.20. The van der Waals surface area contributed by atoms with E-state index in [1.807, 2.05) is 36.4 Å². The summed E-state index contributed by atoms with van der Waals surface area (Å²) in [6, 6.07) is 11.4. The van der Waals surface area contributed by atoms with Gasteiger partial charge in [-0.15, -0.1) is 0 Å². The van der Waals surface area contributed by atoms with E-state index in [-0.39, 0.29) is 0 Å². The van der Waals surface area contributed by atoms with Gasteiger partial charge in [0.2, 0.25) is 0 Å². The minimum atomic E-state index is 0.715. The van der Waals surface area contributed by atoms with E-state index in [1.165, 1.54) is 0 Å². The molecule has 0 radical (unpaired) electrons. The topological polar surface area (TPSA) is 31.4 Å². The Morgan fingerprint density at radius 1 is 1.00 bits per heavy atom. The molecule has 0 N–H and O–H groups in total. The van der Waals surface area contributed by atoms with Gasteiger partial charge in [-0.05, 0) is 30.7 Å². The van der Waals surface area contributed by atoms with Crippen molar-refractivity contribution in [3.8, 4) is 17.2 Å². The van der Waals surface area contributed by atoms with Crippen LogP contribution in [-0.2, 0) is 0 Å². The highest BCUT2D eigenvalue weighted by atomic mass is 16.5. The molecule has 0 saturated carbocycles. The van der Waals surface area contributed by atoms with Crippen LogP contribution in [0.1, 0.15) is 19.8 Å². The molecular formula is C15H17NO2. The Morgan fingerprint density at radius 3 is 2.44 bits per heavy atom. The number of rotatable bonds is 6. The van der Waals surface area contributed by atoms with E-state index in [2.05, 4.69) is 11.9 Å². The molecule has 1 heterocycles. The Kier molecular flexibility index (Phi) is 4.59. The van der Waals surface area contributed by atoms with Crippen LogP contribution < -0.4 is 9.47 Å². The largest absolute Gasteiger partial charge is 0.490 e. The average molecular weight is 243 g/mol. The molecule has 0 unspecified atom stereocenters. The minimum absolute atomic E-state index is 0.715. The van der Waals surface area contributed by atoms with Gasteiger partial charge in [0.15, 0.2) is 11.5 Å². The second-order valence-corrected chi connectivity index (χ2v) is 3.93. The fourth-order valence-electron chi connectivity index (χ4n) is 1.51. The van der Waals surface area contributed by atoms with Gasteiger partial charge >= 0.3 is 0 Å². The van der Waals surface area contributed by atoms with E-state index in [1.54, 1.807) is 12.4 Å². The van der Waals surface area contributed by atoms with E-state index in [0.29, 0.717) is 6.61 Å². The SMILES string of the molecule is CCCCOc1ccccc1Oc1ccncc1. The van der Waals surface area contributed by atoms with Crippen molar-refractivity contribution in [1.29, 1.82) is 0 Å². The van der Waals surface area contributed by atoms with Gasteiger partial charge in [0.1, 0.15) is 5.75 Å². The van der Waals surface area contributed by atoms with Crippen molar-refractivity contribution >= 4 is 0 Å². The Hall–Kier alpha value is -2.03. The predicted octanol–water partition coefficient (Wildman–Crippen LogP) is 4.05. The minimum Gasteiger partial charge on any atom is -0.490 e. The molecule has 2 aromatic rings. The van der Waals surface area contributed by atoms with Gasteiger partial charge in [0.05, 0.1) is 6.61 Å².